The van der Waals surface area contributed by atoms with Crippen LogP contribution in [0.15, 0.2) is 17.0 Å². The van der Waals surface area contributed by atoms with E-state index in [9.17, 15) is 8.42 Å². The van der Waals surface area contributed by atoms with Crippen molar-refractivity contribution in [2.24, 2.45) is 0 Å². The molecule has 30 heavy (non-hydrogen) atoms. The van der Waals surface area contributed by atoms with Crippen molar-refractivity contribution in [3.05, 3.63) is 28.8 Å². The zero-order valence-corrected chi connectivity index (χ0v) is 19.8. The number of hydrogen-bond acceptors (Lipinski definition) is 5. The molecule has 0 aliphatic carbocycles. The third kappa shape index (κ3) is 4.46. The summed E-state index contributed by atoms with van der Waals surface area (Å²) < 4.78 is 35.0. The van der Waals surface area contributed by atoms with Crippen molar-refractivity contribution in [1.82, 2.24) is 14.1 Å². The lowest BCUT2D eigenvalue weighted by molar-refractivity contribution is -0.0777. The summed E-state index contributed by atoms with van der Waals surface area (Å²) in [5.74, 6) is 0. The van der Waals surface area contributed by atoms with E-state index in [0.29, 0.717) is 18.0 Å². The van der Waals surface area contributed by atoms with E-state index in [0.717, 1.165) is 75.1 Å². The lowest BCUT2D eigenvalue weighted by Gasteiger charge is -2.39. The molecule has 0 amide bonds. The normalized spacial score (nSPS) is 26.5. The Bertz CT molecular complexity index is 847. The van der Waals surface area contributed by atoms with E-state index < -0.39 is 10.0 Å². The van der Waals surface area contributed by atoms with Gasteiger partial charge >= 0.3 is 0 Å². The highest BCUT2D eigenvalue weighted by Gasteiger charge is 2.45. The summed E-state index contributed by atoms with van der Waals surface area (Å²) in [4.78, 5) is 5.39. The first-order valence-electron chi connectivity index (χ1n) is 11.4. The van der Waals surface area contributed by atoms with Crippen LogP contribution in [0.4, 0.5) is 0 Å². The van der Waals surface area contributed by atoms with Crippen LogP contribution < -0.4 is 0 Å². The van der Waals surface area contributed by atoms with Crippen LogP contribution in [-0.4, -0.2) is 87.1 Å². The van der Waals surface area contributed by atoms with Gasteiger partial charge in [-0.25, -0.2) is 8.42 Å². The van der Waals surface area contributed by atoms with Crippen LogP contribution in [0.2, 0.25) is 0 Å². The van der Waals surface area contributed by atoms with Gasteiger partial charge in [0.05, 0.1) is 16.6 Å². The Morgan fingerprint density at radius 1 is 0.967 bits per heavy atom. The van der Waals surface area contributed by atoms with Crippen molar-refractivity contribution in [2.45, 2.75) is 63.1 Å². The van der Waals surface area contributed by atoms with E-state index in [2.05, 4.69) is 16.8 Å². The molecule has 1 aromatic rings. The standard InChI is InChI=1S/C23H37N3O3S/c1-18-15-19(2)22(20(3)16-18)30(27,28)26-9-7-23(8-10-26)6-5-21(29-23)17-25-13-11-24(4)12-14-25/h15-16,21H,5-14,17H2,1-4H3. The van der Waals surface area contributed by atoms with Gasteiger partial charge in [-0.2, -0.15) is 4.31 Å². The summed E-state index contributed by atoms with van der Waals surface area (Å²) in [5, 5.41) is 0. The van der Waals surface area contributed by atoms with Crippen LogP contribution in [0.25, 0.3) is 0 Å². The third-order valence-electron chi connectivity index (χ3n) is 7.23. The van der Waals surface area contributed by atoms with Crippen molar-refractivity contribution in [3.63, 3.8) is 0 Å². The van der Waals surface area contributed by atoms with Crippen LogP contribution in [0.5, 0.6) is 0 Å². The lowest BCUT2D eigenvalue weighted by Crippen LogP contribution is -2.49. The van der Waals surface area contributed by atoms with E-state index in [1.54, 1.807) is 4.31 Å². The second kappa shape index (κ2) is 8.51. The highest BCUT2D eigenvalue weighted by molar-refractivity contribution is 7.89. The van der Waals surface area contributed by atoms with E-state index in [1.807, 2.05) is 32.9 Å². The Balaban J connectivity index is 1.37. The molecule has 6 nitrogen and oxygen atoms in total. The fraction of sp³-hybridized carbons (Fsp3) is 0.739. The zero-order valence-electron chi connectivity index (χ0n) is 19.0. The fourth-order valence-electron chi connectivity index (χ4n) is 5.55. The summed E-state index contributed by atoms with van der Waals surface area (Å²) in [6.07, 6.45) is 4.04. The number of rotatable bonds is 4. The minimum Gasteiger partial charge on any atom is -0.370 e. The Labute approximate surface area is 182 Å². The van der Waals surface area contributed by atoms with Crippen molar-refractivity contribution >= 4 is 10.0 Å². The average molecular weight is 436 g/mol. The van der Waals surface area contributed by atoms with E-state index in [1.165, 1.54) is 0 Å². The predicted octanol–water partition coefficient (Wildman–Crippen LogP) is 2.56. The maximum absolute atomic E-state index is 13.4. The van der Waals surface area contributed by atoms with Gasteiger partial charge in [-0.05, 0) is 64.6 Å². The first-order valence-corrected chi connectivity index (χ1v) is 12.8. The van der Waals surface area contributed by atoms with Gasteiger partial charge < -0.3 is 9.64 Å². The van der Waals surface area contributed by atoms with Crippen molar-refractivity contribution in [1.29, 1.82) is 0 Å². The average Bonchev–Trinajstić information content (AvgIpc) is 3.05. The molecular formula is C23H37N3O3S. The van der Waals surface area contributed by atoms with Crippen LogP contribution in [0.3, 0.4) is 0 Å². The molecule has 1 atom stereocenters. The molecule has 3 saturated heterocycles. The minimum atomic E-state index is -3.46. The van der Waals surface area contributed by atoms with Crippen molar-refractivity contribution in [2.75, 3.05) is 52.9 Å². The van der Waals surface area contributed by atoms with Crippen LogP contribution in [0, 0.1) is 20.8 Å². The van der Waals surface area contributed by atoms with Gasteiger partial charge in [0.25, 0.3) is 0 Å². The number of likely N-dealkylation sites (N-methyl/N-ethyl adjacent to an activating group) is 1. The van der Waals surface area contributed by atoms with Gasteiger partial charge in [0.1, 0.15) is 0 Å². The number of ether oxygens (including phenoxy) is 1. The Morgan fingerprint density at radius 3 is 2.17 bits per heavy atom. The molecule has 3 fully saturated rings. The molecule has 3 heterocycles. The van der Waals surface area contributed by atoms with Gasteiger partial charge in [-0.15, -0.1) is 0 Å². The molecule has 0 radical (unpaired) electrons. The molecule has 0 aromatic heterocycles. The Hall–Kier alpha value is -0.990. The number of nitrogens with zero attached hydrogens (tertiary/aromatic N) is 3. The molecule has 3 aliphatic heterocycles. The smallest absolute Gasteiger partial charge is 0.243 e. The zero-order chi connectivity index (χ0) is 21.5. The molecule has 1 aromatic carbocycles. The summed E-state index contributed by atoms with van der Waals surface area (Å²) in [5.41, 5.74) is 2.67. The number of benzene rings is 1. The second-order valence-corrected chi connectivity index (χ2v) is 11.6. The number of hydrogen-bond donors (Lipinski definition) is 0. The highest BCUT2D eigenvalue weighted by atomic mass is 32.2. The molecular weight excluding hydrogens is 398 g/mol. The monoisotopic (exact) mass is 435 g/mol. The number of aryl methyl sites for hydroxylation is 3. The van der Waals surface area contributed by atoms with E-state index in [-0.39, 0.29) is 11.7 Å². The molecule has 0 saturated carbocycles. The molecule has 168 valence electrons. The van der Waals surface area contributed by atoms with Crippen LogP contribution >= 0.6 is 0 Å². The topological polar surface area (TPSA) is 53.1 Å². The van der Waals surface area contributed by atoms with Crippen LogP contribution in [-0.2, 0) is 14.8 Å². The molecule has 3 aliphatic rings. The number of piperazine rings is 1. The number of piperidine rings is 1. The predicted molar refractivity (Wildman–Crippen MR) is 119 cm³/mol. The maximum Gasteiger partial charge on any atom is 0.243 e. The summed E-state index contributed by atoms with van der Waals surface area (Å²) in [7, 11) is -1.28. The SMILES string of the molecule is Cc1cc(C)c(S(=O)(=O)N2CCC3(CCC(CN4CCN(C)CC4)O3)CC2)c(C)c1. The third-order valence-corrected chi connectivity index (χ3v) is 9.44. The highest BCUT2D eigenvalue weighted by Crippen LogP contribution is 2.40. The van der Waals surface area contributed by atoms with E-state index in [4.69, 9.17) is 4.74 Å². The number of sulfonamides is 1. The van der Waals surface area contributed by atoms with E-state index >= 15 is 0 Å². The lowest BCUT2D eigenvalue weighted by atomic mass is 9.89. The van der Waals surface area contributed by atoms with Crippen molar-refractivity contribution in [3.8, 4) is 0 Å². The largest absolute Gasteiger partial charge is 0.370 e. The first-order chi connectivity index (χ1) is 14.2. The van der Waals surface area contributed by atoms with Crippen LogP contribution in [0.1, 0.15) is 42.4 Å². The van der Waals surface area contributed by atoms with Gasteiger partial charge in [-0.1, -0.05) is 17.7 Å². The quantitative estimate of drug-likeness (QED) is 0.728. The molecule has 7 heteroatoms. The summed E-state index contributed by atoms with van der Waals surface area (Å²) in [6.45, 7) is 12.4. The molecule has 0 N–H and O–H groups in total. The van der Waals surface area contributed by atoms with Crippen molar-refractivity contribution < 1.29 is 13.2 Å². The maximum atomic E-state index is 13.4. The molecule has 0 bridgehead atoms. The minimum absolute atomic E-state index is 0.124. The first kappa shape index (κ1) is 22.2. The molecule has 1 spiro atoms. The second-order valence-electron chi connectivity index (χ2n) is 9.70. The summed E-state index contributed by atoms with van der Waals surface area (Å²) >= 11 is 0. The van der Waals surface area contributed by atoms with Gasteiger partial charge in [0, 0.05) is 45.8 Å². The Kier molecular flexibility index (Phi) is 6.30. The van der Waals surface area contributed by atoms with Gasteiger partial charge in [0.15, 0.2) is 0 Å². The van der Waals surface area contributed by atoms with Gasteiger partial charge in [0.2, 0.25) is 10.0 Å². The van der Waals surface area contributed by atoms with Gasteiger partial charge in [-0.3, -0.25) is 4.90 Å². The fourth-order valence-corrected chi connectivity index (χ4v) is 7.40. The Morgan fingerprint density at radius 2 is 1.57 bits per heavy atom. The molecule has 1 unspecified atom stereocenters. The molecule has 4 rings (SSSR count). The summed E-state index contributed by atoms with van der Waals surface area (Å²) in [6, 6.07) is 3.93.